The number of aromatic nitrogens is 5. The molecule has 0 N–H and O–H groups in total. The summed E-state index contributed by atoms with van der Waals surface area (Å²) in [5, 5.41) is 13.8. The van der Waals surface area contributed by atoms with E-state index in [1.807, 2.05) is 10.7 Å². The van der Waals surface area contributed by atoms with Gasteiger partial charge < -0.3 is 4.90 Å². The summed E-state index contributed by atoms with van der Waals surface area (Å²) in [6.45, 7) is 6.81. The van der Waals surface area contributed by atoms with Crippen molar-refractivity contribution < 1.29 is 0 Å². The van der Waals surface area contributed by atoms with Gasteiger partial charge in [-0.05, 0) is 34.5 Å². The van der Waals surface area contributed by atoms with Crippen molar-refractivity contribution in [2.75, 3.05) is 31.1 Å². The molecule has 2 aromatic carbocycles. The number of thiazole rings is 1. The van der Waals surface area contributed by atoms with E-state index >= 15 is 0 Å². The predicted octanol–water partition coefficient (Wildman–Crippen LogP) is 3.60. The average Bonchev–Trinajstić information content (AvgIpc) is 3.43. The number of hydrogen-bond acceptors (Lipinski definition) is 7. The van der Waals surface area contributed by atoms with Crippen molar-refractivity contribution in [2.24, 2.45) is 0 Å². The lowest BCUT2D eigenvalue weighted by atomic mass is 10.1. The summed E-state index contributed by atoms with van der Waals surface area (Å²) in [7, 11) is 0. The van der Waals surface area contributed by atoms with E-state index in [0.717, 1.165) is 49.1 Å². The summed E-state index contributed by atoms with van der Waals surface area (Å²) in [6, 6.07) is 19.0. The number of para-hydroxylation sites is 1. The maximum absolute atomic E-state index is 4.83. The zero-order valence-corrected chi connectivity index (χ0v) is 17.9. The van der Waals surface area contributed by atoms with Gasteiger partial charge in [0.25, 0.3) is 0 Å². The fourth-order valence-corrected chi connectivity index (χ4v) is 5.16. The molecule has 8 heteroatoms. The molecule has 1 unspecified atom stereocenters. The first-order valence-electron chi connectivity index (χ1n) is 10.5. The van der Waals surface area contributed by atoms with Crippen LogP contribution in [0.5, 0.6) is 0 Å². The molecule has 2 aromatic heterocycles. The maximum atomic E-state index is 4.83. The Labute approximate surface area is 180 Å². The van der Waals surface area contributed by atoms with Crippen LogP contribution in [-0.2, 0) is 6.54 Å². The third kappa shape index (κ3) is 3.80. The Bertz CT molecular complexity index is 1070. The molecule has 1 saturated heterocycles. The number of anilines is 1. The van der Waals surface area contributed by atoms with Gasteiger partial charge in [-0.2, -0.15) is 0 Å². The highest BCUT2D eigenvalue weighted by Gasteiger charge is 2.28. The van der Waals surface area contributed by atoms with Gasteiger partial charge in [0.05, 0.1) is 22.8 Å². The number of piperazine rings is 1. The molecule has 1 aliphatic heterocycles. The first-order valence-corrected chi connectivity index (χ1v) is 11.3. The van der Waals surface area contributed by atoms with Gasteiger partial charge in [-0.25, -0.2) is 9.67 Å². The van der Waals surface area contributed by atoms with Crippen LogP contribution in [0.3, 0.4) is 0 Å². The maximum Gasteiger partial charge on any atom is 0.186 e. The SMILES string of the molecule is CCC(c1nnnn1Cc1ccccc1)N1CCN(c2nc3ccccc3s2)CC1. The van der Waals surface area contributed by atoms with Crippen molar-refractivity contribution in [3.8, 4) is 0 Å². The van der Waals surface area contributed by atoms with E-state index in [9.17, 15) is 0 Å². The topological polar surface area (TPSA) is 63.0 Å². The molecule has 30 heavy (non-hydrogen) atoms. The lowest BCUT2D eigenvalue weighted by Crippen LogP contribution is -2.48. The molecular weight excluding hydrogens is 394 g/mol. The zero-order chi connectivity index (χ0) is 20.3. The van der Waals surface area contributed by atoms with Gasteiger partial charge in [-0.3, -0.25) is 4.90 Å². The van der Waals surface area contributed by atoms with Crippen molar-refractivity contribution in [3.05, 3.63) is 66.0 Å². The van der Waals surface area contributed by atoms with Gasteiger partial charge in [0, 0.05) is 26.2 Å². The van der Waals surface area contributed by atoms with Crippen LogP contribution in [0.15, 0.2) is 54.6 Å². The number of fused-ring (bicyclic) bond motifs is 1. The Morgan fingerprint density at radius 3 is 2.50 bits per heavy atom. The van der Waals surface area contributed by atoms with Crippen LogP contribution in [0.25, 0.3) is 10.2 Å². The minimum Gasteiger partial charge on any atom is -0.345 e. The monoisotopic (exact) mass is 419 g/mol. The molecule has 4 aromatic rings. The molecule has 3 heterocycles. The van der Waals surface area contributed by atoms with Gasteiger partial charge >= 0.3 is 0 Å². The van der Waals surface area contributed by atoms with Crippen molar-refractivity contribution in [2.45, 2.75) is 25.9 Å². The van der Waals surface area contributed by atoms with E-state index in [1.54, 1.807) is 11.3 Å². The van der Waals surface area contributed by atoms with E-state index in [2.05, 4.69) is 80.8 Å². The van der Waals surface area contributed by atoms with Crippen LogP contribution < -0.4 is 4.90 Å². The van der Waals surface area contributed by atoms with Crippen LogP contribution in [0, 0.1) is 0 Å². The molecule has 1 fully saturated rings. The van der Waals surface area contributed by atoms with Crippen LogP contribution in [0.4, 0.5) is 5.13 Å². The average molecular weight is 420 g/mol. The van der Waals surface area contributed by atoms with Gasteiger partial charge in [0.15, 0.2) is 11.0 Å². The van der Waals surface area contributed by atoms with E-state index in [0.29, 0.717) is 6.54 Å². The Kier molecular flexibility index (Phi) is 5.42. The van der Waals surface area contributed by atoms with Crippen LogP contribution >= 0.6 is 11.3 Å². The Morgan fingerprint density at radius 1 is 0.967 bits per heavy atom. The molecule has 1 aliphatic rings. The third-order valence-electron chi connectivity index (χ3n) is 5.73. The third-order valence-corrected chi connectivity index (χ3v) is 6.82. The van der Waals surface area contributed by atoms with Crippen LogP contribution in [0.1, 0.15) is 30.8 Å². The van der Waals surface area contributed by atoms with Crippen LogP contribution in [0.2, 0.25) is 0 Å². The second kappa shape index (κ2) is 8.49. The van der Waals surface area contributed by atoms with Gasteiger partial charge in [-0.15, -0.1) is 5.10 Å². The van der Waals surface area contributed by atoms with E-state index in [4.69, 9.17) is 4.98 Å². The summed E-state index contributed by atoms with van der Waals surface area (Å²) in [5.74, 6) is 0.954. The summed E-state index contributed by atoms with van der Waals surface area (Å²) in [5.41, 5.74) is 2.30. The summed E-state index contributed by atoms with van der Waals surface area (Å²) in [4.78, 5) is 9.74. The van der Waals surface area contributed by atoms with Gasteiger partial charge in [0.1, 0.15) is 0 Å². The van der Waals surface area contributed by atoms with E-state index in [-0.39, 0.29) is 6.04 Å². The molecule has 0 bridgehead atoms. The Morgan fingerprint density at radius 2 is 1.73 bits per heavy atom. The fourth-order valence-electron chi connectivity index (χ4n) is 4.14. The molecule has 0 radical (unpaired) electrons. The molecule has 1 atom stereocenters. The van der Waals surface area contributed by atoms with Crippen molar-refractivity contribution in [1.29, 1.82) is 0 Å². The smallest absolute Gasteiger partial charge is 0.186 e. The largest absolute Gasteiger partial charge is 0.345 e. The van der Waals surface area contributed by atoms with Crippen molar-refractivity contribution in [3.63, 3.8) is 0 Å². The minimum absolute atomic E-state index is 0.223. The first kappa shape index (κ1) is 19.1. The van der Waals surface area contributed by atoms with Gasteiger partial charge in [-0.1, -0.05) is 60.7 Å². The molecule has 154 valence electrons. The number of rotatable bonds is 6. The second-order valence-corrected chi connectivity index (χ2v) is 8.60. The molecular formula is C22H25N7S. The summed E-state index contributed by atoms with van der Waals surface area (Å²) in [6.07, 6.45) is 0.982. The minimum atomic E-state index is 0.223. The molecule has 5 rings (SSSR count). The predicted molar refractivity (Wildman–Crippen MR) is 120 cm³/mol. The number of nitrogens with zero attached hydrogens (tertiary/aromatic N) is 7. The summed E-state index contributed by atoms with van der Waals surface area (Å²) < 4.78 is 3.20. The molecule has 7 nitrogen and oxygen atoms in total. The van der Waals surface area contributed by atoms with Crippen molar-refractivity contribution >= 4 is 26.7 Å². The summed E-state index contributed by atoms with van der Waals surface area (Å²) >= 11 is 1.78. The van der Waals surface area contributed by atoms with Crippen LogP contribution in [-0.4, -0.2) is 56.3 Å². The highest BCUT2D eigenvalue weighted by molar-refractivity contribution is 7.22. The lowest BCUT2D eigenvalue weighted by molar-refractivity contribution is 0.169. The second-order valence-electron chi connectivity index (χ2n) is 7.59. The van der Waals surface area contributed by atoms with Gasteiger partial charge in [0.2, 0.25) is 0 Å². The normalized spacial score (nSPS) is 16.2. The number of benzene rings is 2. The standard InChI is InChI=1S/C22H25N7S/c1-2-19(21-24-25-26-29(21)16-17-8-4-3-5-9-17)27-12-14-28(15-13-27)22-23-18-10-6-7-11-20(18)30-22/h3-11,19H,2,12-16H2,1H3. The van der Waals surface area contributed by atoms with E-state index in [1.165, 1.54) is 10.3 Å². The quantitative estimate of drug-likeness (QED) is 0.476. The molecule has 0 aliphatic carbocycles. The van der Waals surface area contributed by atoms with Crippen molar-refractivity contribution in [1.82, 2.24) is 30.1 Å². The highest BCUT2D eigenvalue weighted by Crippen LogP contribution is 2.31. The number of hydrogen-bond donors (Lipinski definition) is 0. The number of tetrazole rings is 1. The zero-order valence-electron chi connectivity index (χ0n) is 17.1. The molecule has 0 amide bonds. The molecule has 0 saturated carbocycles. The molecule has 0 spiro atoms. The van der Waals surface area contributed by atoms with E-state index < -0.39 is 0 Å². The Balaban J connectivity index is 1.29. The fraction of sp³-hybridized carbons (Fsp3) is 0.364. The lowest BCUT2D eigenvalue weighted by Gasteiger charge is -2.38. The Hall–Kier alpha value is -2.84. The first-order chi connectivity index (χ1) is 14.8. The highest BCUT2D eigenvalue weighted by atomic mass is 32.1.